The Labute approximate surface area is 183 Å². The number of carbonyl (C=O) groups is 1. The summed E-state index contributed by atoms with van der Waals surface area (Å²) in [5, 5.41) is 31.4. The van der Waals surface area contributed by atoms with Crippen molar-refractivity contribution in [3.63, 3.8) is 0 Å². The molecule has 0 aromatic carbocycles. The standard InChI is InChI=1S/C25H41BO4/c1-4-17-20-14-16(27)10-12-24(20,3)19-11-13-23(2)15(6-5-7-21(28)29)8-9-18(23)22(19)25(17,26)30/h15-20,22,27,30H,4-14H2,1-3H3,(H,28,29)/t15-,16+,17+,18-,19-,20-,22-,23+,24+,25+/m0/s1. The van der Waals surface area contributed by atoms with Crippen molar-refractivity contribution in [2.45, 2.75) is 103 Å². The van der Waals surface area contributed by atoms with Gasteiger partial charge in [0.15, 0.2) is 0 Å². The van der Waals surface area contributed by atoms with E-state index in [1.807, 2.05) is 0 Å². The average molecular weight is 416 g/mol. The summed E-state index contributed by atoms with van der Waals surface area (Å²) in [5.41, 5.74) is -0.870. The lowest BCUT2D eigenvalue weighted by atomic mass is 9.35. The van der Waals surface area contributed by atoms with Crippen LogP contribution in [0, 0.1) is 46.3 Å². The summed E-state index contributed by atoms with van der Waals surface area (Å²) >= 11 is 0. The van der Waals surface area contributed by atoms with Gasteiger partial charge in [0.05, 0.1) is 6.10 Å². The first-order chi connectivity index (χ1) is 14.1. The van der Waals surface area contributed by atoms with Gasteiger partial charge in [0.1, 0.15) is 7.85 Å². The summed E-state index contributed by atoms with van der Waals surface area (Å²) in [6.45, 7) is 6.99. The van der Waals surface area contributed by atoms with E-state index in [9.17, 15) is 15.0 Å². The van der Waals surface area contributed by atoms with Gasteiger partial charge in [0.25, 0.3) is 0 Å². The highest BCUT2D eigenvalue weighted by Gasteiger charge is 2.67. The molecule has 4 aliphatic carbocycles. The minimum Gasteiger partial charge on any atom is -0.481 e. The Morgan fingerprint density at radius 3 is 2.37 bits per heavy atom. The van der Waals surface area contributed by atoms with Crippen molar-refractivity contribution in [3.8, 4) is 0 Å². The van der Waals surface area contributed by atoms with E-state index >= 15 is 0 Å². The number of hydrogen-bond acceptors (Lipinski definition) is 3. The molecule has 3 N–H and O–H groups in total. The Morgan fingerprint density at radius 2 is 1.70 bits per heavy atom. The maximum Gasteiger partial charge on any atom is 0.303 e. The number of carboxylic acid groups (broad SMARTS) is 1. The quantitative estimate of drug-likeness (QED) is 0.582. The second-order valence-corrected chi connectivity index (χ2v) is 11.8. The number of hydrogen-bond donors (Lipinski definition) is 3. The van der Waals surface area contributed by atoms with E-state index in [-0.39, 0.29) is 35.2 Å². The summed E-state index contributed by atoms with van der Waals surface area (Å²) in [5.74, 6) is 1.11. The van der Waals surface area contributed by atoms with Crippen molar-refractivity contribution < 1.29 is 20.1 Å². The fraction of sp³-hybridized carbons (Fsp3) is 0.960. The number of rotatable bonds is 5. The summed E-state index contributed by atoms with van der Waals surface area (Å²) < 4.78 is 0. The van der Waals surface area contributed by atoms with E-state index in [0.717, 1.165) is 64.2 Å². The first-order valence-corrected chi connectivity index (χ1v) is 12.5. The molecule has 0 aromatic heterocycles. The molecule has 4 rings (SSSR count). The van der Waals surface area contributed by atoms with Crippen molar-refractivity contribution in [3.05, 3.63) is 0 Å². The van der Waals surface area contributed by atoms with Crippen LogP contribution in [0.15, 0.2) is 0 Å². The molecule has 5 heteroatoms. The largest absolute Gasteiger partial charge is 0.481 e. The first-order valence-electron chi connectivity index (χ1n) is 12.5. The lowest BCUT2D eigenvalue weighted by Crippen LogP contribution is -2.68. The number of fused-ring (bicyclic) bond motifs is 5. The zero-order valence-corrected chi connectivity index (χ0v) is 19.1. The molecule has 0 amide bonds. The smallest absolute Gasteiger partial charge is 0.303 e. The summed E-state index contributed by atoms with van der Waals surface area (Å²) in [4.78, 5) is 11.0. The molecular formula is C25H41BO4. The summed E-state index contributed by atoms with van der Waals surface area (Å²) in [6.07, 6.45) is 9.76. The van der Waals surface area contributed by atoms with Gasteiger partial charge in [-0.05, 0) is 104 Å². The molecule has 4 saturated carbocycles. The highest BCUT2D eigenvalue weighted by molar-refractivity contribution is 6.15. The Hall–Kier alpha value is -0.545. The van der Waals surface area contributed by atoms with Crippen LogP contribution in [0.3, 0.4) is 0 Å². The predicted molar refractivity (Wildman–Crippen MR) is 118 cm³/mol. The molecule has 0 bridgehead atoms. The maximum absolute atomic E-state index is 11.9. The molecule has 4 nitrogen and oxygen atoms in total. The average Bonchev–Trinajstić information content (AvgIpc) is 2.99. The molecule has 0 aliphatic heterocycles. The van der Waals surface area contributed by atoms with Gasteiger partial charge < -0.3 is 15.3 Å². The van der Waals surface area contributed by atoms with Gasteiger partial charge in [-0.3, -0.25) is 4.79 Å². The maximum atomic E-state index is 11.9. The van der Waals surface area contributed by atoms with E-state index in [0.29, 0.717) is 23.7 Å². The second-order valence-electron chi connectivity index (χ2n) is 11.8. The molecule has 4 aliphatic rings. The third-order valence-electron chi connectivity index (χ3n) is 10.7. The number of aliphatic carboxylic acids is 1. The number of carboxylic acids is 1. The van der Waals surface area contributed by atoms with Crippen LogP contribution in [0.5, 0.6) is 0 Å². The molecule has 0 heterocycles. The highest BCUT2D eigenvalue weighted by Crippen LogP contribution is 2.70. The number of aliphatic hydroxyl groups is 2. The van der Waals surface area contributed by atoms with Gasteiger partial charge in [0, 0.05) is 11.9 Å². The normalized spacial score (nSPS) is 52.9. The van der Waals surface area contributed by atoms with Gasteiger partial charge in [-0.25, -0.2) is 0 Å². The van der Waals surface area contributed by atoms with Crippen LogP contribution in [0.25, 0.3) is 0 Å². The van der Waals surface area contributed by atoms with Crippen molar-refractivity contribution in [1.82, 2.24) is 0 Å². The molecule has 168 valence electrons. The van der Waals surface area contributed by atoms with Gasteiger partial charge in [-0.15, -0.1) is 0 Å². The zero-order chi connectivity index (χ0) is 21.9. The molecule has 0 spiro atoms. The molecule has 30 heavy (non-hydrogen) atoms. The van der Waals surface area contributed by atoms with E-state index in [4.69, 9.17) is 13.0 Å². The number of aliphatic hydroxyl groups excluding tert-OH is 1. The molecule has 10 atom stereocenters. The van der Waals surface area contributed by atoms with Gasteiger partial charge in [-0.1, -0.05) is 27.2 Å². The molecule has 4 fully saturated rings. The Bertz CT molecular complexity index is 666. The Kier molecular flexibility index (Phi) is 5.88. The van der Waals surface area contributed by atoms with E-state index in [1.54, 1.807) is 0 Å². The third kappa shape index (κ3) is 3.29. The van der Waals surface area contributed by atoms with Crippen LogP contribution in [-0.2, 0) is 4.79 Å². The topological polar surface area (TPSA) is 77.8 Å². The minimum absolute atomic E-state index is 0.0344. The molecular weight excluding hydrogens is 375 g/mol. The monoisotopic (exact) mass is 416 g/mol. The zero-order valence-electron chi connectivity index (χ0n) is 19.1. The van der Waals surface area contributed by atoms with Gasteiger partial charge in [0.2, 0.25) is 0 Å². The SMILES string of the molecule is [B][C@]1(O)[C@@H]2[C@H](CC[C@]3(C)[C@@H](CCCC(=O)O)CC[C@@H]23)[C@@]2(C)CC[C@@H](O)C[C@H]2[C@H]1CC. The molecule has 0 unspecified atom stereocenters. The first kappa shape index (κ1) is 22.6. The Balaban J connectivity index is 1.64. The third-order valence-corrected chi connectivity index (χ3v) is 10.7. The molecule has 0 saturated heterocycles. The molecule has 0 aromatic rings. The van der Waals surface area contributed by atoms with Crippen LogP contribution in [0.2, 0.25) is 0 Å². The van der Waals surface area contributed by atoms with Gasteiger partial charge >= 0.3 is 5.97 Å². The van der Waals surface area contributed by atoms with E-state index in [1.165, 1.54) is 0 Å². The fourth-order valence-corrected chi connectivity index (χ4v) is 9.22. The fourth-order valence-electron chi connectivity index (χ4n) is 9.22. The predicted octanol–water partition coefficient (Wildman–Crippen LogP) is 4.36. The lowest BCUT2D eigenvalue weighted by Gasteiger charge is -2.68. The van der Waals surface area contributed by atoms with Gasteiger partial charge in [-0.2, -0.15) is 0 Å². The highest BCUT2D eigenvalue weighted by atomic mass is 16.4. The van der Waals surface area contributed by atoms with Crippen molar-refractivity contribution in [2.75, 3.05) is 0 Å². The summed E-state index contributed by atoms with van der Waals surface area (Å²) in [6, 6.07) is 0. The Morgan fingerprint density at radius 1 is 1.03 bits per heavy atom. The van der Waals surface area contributed by atoms with Crippen molar-refractivity contribution in [1.29, 1.82) is 0 Å². The summed E-state index contributed by atoms with van der Waals surface area (Å²) in [7, 11) is 6.89. The van der Waals surface area contributed by atoms with E-state index < -0.39 is 11.5 Å². The van der Waals surface area contributed by atoms with Crippen LogP contribution in [0.4, 0.5) is 0 Å². The van der Waals surface area contributed by atoms with E-state index in [2.05, 4.69) is 20.8 Å². The van der Waals surface area contributed by atoms with Crippen LogP contribution >= 0.6 is 0 Å². The molecule has 2 radical (unpaired) electrons. The van der Waals surface area contributed by atoms with Crippen LogP contribution < -0.4 is 0 Å². The van der Waals surface area contributed by atoms with Crippen molar-refractivity contribution >= 4 is 13.8 Å². The van der Waals surface area contributed by atoms with Crippen LogP contribution in [-0.4, -0.2) is 40.7 Å². The van der Waals surface area contributed by atoms with Crippen molar-refractivity contribution in [2.24, 2.45) is 46.3 Å². The van der Waals surface area contributed by atoms with Crippen LogP contribution in [0.1, 0.15) is 91.4 Å². The lowest BCUT2D eigenvalue weighted by molar-refractivity contribution is -0.219. The minimum atomic E-state index is -1.18. The second kappa shape index (κ2) is 7.80.